The summed E-state index contributed by atoms with van der Waals surface area (Å²) in [5, 5.41) is 0. The van der Waals surface area contributed by atoms with Crippen LogP contribution in [0.15, 0.2) is 30.3 Å². The minimum absolute atomic E-state index is 0.00683. The third-order valence-electron chi connectivity index (χ3n) is 4.57. The quantitative estimate of drug-likeness (QED) is 0.930. The van der Waals surface area contributed by atoms with Gasteiger partial charge in [-0.3, -0.25) is 9.59 Å². The largest absolute Gasteiger partial charge is 0.362 e. The second-order valence-electron chi connectivity index (χ2n) is 6.47. The molecule has 0 saturated carbocycles. The lowest BCUT2D eigenvalue weighted by molar-refractivity contribution is -0.131. The van der Waals surface area contributed by atoms with Crippen molar-refractivity contribution < 1.29 is 14.0 Å². The Labute approximate surface area is 146 Å². The number of aryl methyl sites for hydroxylation is 2. The summed E-state index contributed by atoms with van der Waals surface area (Å²) in [6, 6.07) is 7.85. The van der Waals surface area contributed by atoms with Gasteiger partial charge in [0.25, 0.3) is 5.91 Å². The monoisotopic (exact) mass is 343 g/mol. The lowest BCUT2D eigenvalue weighted by atomic mass is 10.1. The number of carbonyl (C=O) groups excluding carboxylic acids is 2. The van der Waals surface area contributed by atoms with E-state index in [1.807, 2.05) is 19.9 Å². The Kier molecular flexibility index (Phi) is 4.88. The molecule has 0 aliphatic carbocycles. The molecule has 1 aromatic carbocycles. The number of benzene rings is 1. The Morgan fingerprint density at radius 2 is 1.64 bits per heavy atom. The summed E-state index contributed by atoms with van der Waals surface area (Å²) in [5.74, 6) is -0.293. The van der Waals surface area contributed by atoms with Gasteiger partial charge in [0.2, 0.25) is 5.91 Å². The molecule has 0 atom stereocenters. The van der Waals surface area contributed by atoms with Crippen molar-refractivity contribution in [3.8, 4) is 0 Å². The number of aromatic nitrogens is 1. The van der Waals surface area contributed by atoms with Crippen molar-refractivity contribution in [1.82, 2.24) is 14.8 Å². The maximum absolute atomic E-state index is 12.9. The van der Waals surface area contributed by atoms with Crippen LogP contribution in [0.5, 0.6) is 0 Å². The van der Waals surface area contributed by atoms with Crippen LogP contribution >= 0.6 is 0 Å². The summed E-state index contributed by atoms with van der Waals surface area (Å²) in [4.78, 5) is 31.7. The van der Waals surface area contributed by atoms with Crippen LogP contribution in [0.25, 0.3) is 0 Å². The van der Waals surface area contributed by atoms with Gasteiger partial charge in [0, 0.05) is 37.6 Å². The van der Waals surface area contributed by atoms with Crippen LogP contribution in [-0.4, -0.2) is 52.8 Å². The Hall–Kier alpha value is -2.63. The number of halogens is 1. The minimum atomic E-state index is -0.307. The van der Waals surface area contributed by atoms with Crippen molar-refractivity contribution in [3.05, 3.63) is 58.7 Å². The van der Waals surface area contributed by atoms with Gasteiger partial charge < -0.3 is 14.8 Å². The summed E-state index contributed by atoms with van der Waals surface area (Å²) in [7, 11) is 0. The normalized spacial score (nSPS) is 14.7. The van der Waals surface area contributed by atoms with Crippen LogP contribution in [0.3, 0.4) is 0 Å². The number of nitrogens with zero attached hydrogens (tertiary/aromatic N) is 2. The molecule has 1 aliphatic rings. The second kappa shape index (κ2) is 7.09. The number of H-pyrrole nitrogens is 1. The lowest BCUT2D eigenvalue weighted by Crippen LogP contribution is -2.51. The molecule has 1 saturated heterocycles. The van der Waals surface area contributed by atoms with Crippen LogP contribution in [0.4, 0.5) is 4.39 Å². The third-order valence-corrected chi connectivity index (χ3v) is 4.57. The standard InChI is InChI=1S/C19H22FN3O2/c1-13-11-17(14(2)21-13)19(25)23-9-7-22(8-10-23)18(24)12-15-3-5-16(20)6-4-15/h3-6,11,21H,7-10,12H2,1-2H3. The van der Waals surface area contributed by atoms with E-state index < -0.39 is 0 Å². The molecule has 1 aliphatic heterocycles. The van der Waals surface area contributed by atoms with Gasteiger partial charge in [0.1, 0.15) is 5.82 Å². The predicted octanol–water partition coefficient (Wildman–Crippen LogP) is 2.30. The van der Waals surface area contributed by atoms with Crippen molar-refractivity contribution >= 4 is 11.8 Å². The number of carbonyl (C=O) groups is 2. The smallest absolute Gasteiger partial charge is 0.255 e. The molecule has 0 radical (unpaired) electrons. The Bertz CT molecular complexity index is 774. The molecule has 0 spiro atoms. The van der Waals surface area contributed by atoms with Gasteiger partial charge in [0.05, 0.1) is 12.0 Å². The fraction of sp³-hybridized carbons (Fsp3) is 0.368. The SMILES string of the molecule is Cc1cc(C(=O)N2CCN(C(=O)Cc3ccc(F)cc3)CC2)c(C)[nH]1. The molecule has 2 amide bonds. The maximum atomic E-state index is 12.9. The molecule has 2 aromatic rings. The molecule has 2 heterocycles. The average molecular weight is 343 g/mol. The Balaban J connectivity index is 1.56. The number of amides is 2. The van der Waals surface area contributed by atoms with E-state index in [0.717, 1.165) is 17.0 Å². The Morgan fingerprint density at radius 1 is 1.04 bits per heavy atom. The first-order chi connectivity index (χ1) is 11.9. The van der Waals surface area contributed by atoms with E-state index in [1.165, 1.54) is 12.1 Å². The fourth-order valence-corrected chi connectivity index (χ4v) is 3.16. The van der Waals surface area contributed by atoms with Crippen LogP contribution in [-0.2, 0) is 11.2 Å². The molecule has 0 unspecified atom stereocenters. The van der Waals surface area contributed by atoms with Crippen molar-refractivity contribution in [2.75, 3.05) is 26.2 Å². The van der Waals surface area contributed by atoms with Gasteiger partial charge in [-0.1, -0.05) is 12.1 Å². The number of hydrogen-bond acceptors (Lipinski definition) is 2. The first-order valence-electron chi connectivity index (χ1n) is 8.42. The zero-order valence-electron chi connectivity index (χ0n) is 14.5. The van der Waals surface area contributed by atoms with E-state index in [9.17, 15) is 14.0 Å². The van der Waals surface area contributed by atoms with Crippen LogP contribution in [0.2, 0.25) is 0 Å². The maximum Gasteiger partial charge on any atom is 0.255 e. The van der Waals surface area contributed by atoms with Gasteiger partial charge in [-0.15, -0.1) is 0 Å². The highest BCUT2D eigenvalue weighted by Gasteiger charge is 2.26. The molecule has 3 rings (SSSR count). The number of rotatable bonds is 3. The topological polar surface area (TPSA) is 56.4 Å². The molecule has 1 N–H and O–H groups in total. The van der Waals surface area contributed by atoms with E-state index in [-0.39, 0.29) is 24.1 Å². The summed E-state index contributed by atoms with van der Waals surface area (Å²) >= 11 is 0. The highest BCUT2D eigenvalue weighted by Crippen LogP contribution is 2.15. The first kappa shape index (κ1) is 17.2. The van der Waals surface area contributed by atoms with Gasteiger partial charge in [0.15, 0.2) is 0 Å². The summed E-state index contributed by atoms with van der Waals surface area (Å²) in [6.45, 7) is 5.91. The van der Waals surface area contributed by atoms with Gasteiger partial charge in [-0.2, -0.15) is 0 Å². The number of piperazine rings is 1. The lowest BCUT2D eigenvalue weighted by Gasteiger charge is -2.35. The fourth-order valence-electron chi connectivity index (χ4n) is 3.16. The van der Waals surface area contributed by atoms with Gasteiger partial charge in [-0.25, -0.2) is 4.39 Å². The third kappa shape index (κ3) is 3.90. The second-order valence-corrected chi connectivity index (χ2v) is 6.47. The van der Waals surface area contributed by atoms with Crippen LogP contribution in [0.1, 0.15) is 27.3 Å². The summed E-state index contributed by atoms with van der Waals surface area (Å²) < 4.78 is 12.9. The summed E-state index contributed by atoms with van der Waals surface area (Å²) in [6.07, 6.45) is 0.254. The van der Waals surface area contributed by atoms with E-state index in [2.05, 4.69) is 4.98 Å². The van der Waals surface area contributed by atoms with E-state index >= 15 is 0 Å². The zero-order chi connectivity index (χ0) is 18.0. The molecular weight excluding hydrogens is 321 g/mol. The molecular formula is C19H22FN3O2. The van der Waals surface area contributed by atoms with E-state index in [4.69, 9.17) is 0 Å². The molecule has 0 bridgehead atoms. The molecule has 1 fully saturated rings. The number of hydrogen-bond donors (Lipinski definition) is 1. The van der Waals surface area contributed by atoms with E-state index in [0.29, 0.717) is 31.7 Å². The molecule has 132 valence electrons. The molecule has 25 heavy (non-hydrogen) atoms. The first-order valence-corrected chi connectivity index (χ1v) is 8.42. The van der Waals surface area contributed by atoms with Gasteiger partial charge in [-0.05, 0) is 37.6 Å². The van der Waals surface area contributed by atoms with Crippen molar-refractivity contribution in [3.63, 3.8) is 0 Å². The van der Waals surface area contributed by atoms with Gasteiger partial charge >= 0.3 is 0 Å². The van der Waals surface area contributed by atoms with E-state index in [1.54, 1.807) is 21.9 Å². The average Bonchev–Trinajstić information content (AvgIpc) is 2.94. The molecule has 5 nitrogen and oxygen atoms in total. The van der Waals surface area contributed by atoms with Crippen LogP contribution < -0.4 is 0 Å². The molecule has 6 heteroatoms. The van der Waals surface area contributed by atoms with Crippen molar-refractivity contribution in [2.24, 2.45) is 0 Å². The molecule has 1 aromatic heterocycles. The minimum Gasteiger partial charge on any atom is -0.362 e. The zero-order valence-corrected chi connectivity index (χ0v) is 14.5. The number of nitrogens with one attached hydrogen (secondary N) is 1. The van der Waals surface area contributed by atoms with Crippen molar-refractivity contribution in [2.45, 2.75) is 20.3 Å². The predicted molar refractivity (Wildman–Crippen MR) is 92.9 cm³/mol. The number of aromatic amines is 1. The highest BCUT2D eigenvalue weighted by molar-refractivity contribution is 5.95. The van der Waals surface area contributed by atoms with Crippen LogP contribution in [0, 0.1) is 19.7 Å². The highest BCUT2D eigenvalue weighted by atomic mass is 19.1. The summed E-state index contributed by atoms with van der Waals surface area (Å²) in [5.41, 5.74) is 3.33. The Morgan fingerprint density at radius 3 is 2.20 bits per heavy atom. The van der Waals surface area contributed by atoms with Crippen molar-refractivity contribution in [1.29, 1.82) is 0 Å².